The first kappa shape index (κ1) is 13.3. The Bertz CT molecular complexity index is 659. The van der Waals surface area contributed by atoms with Crippen LogP contribution in [-0.4, -0.2) is 47.6 Å². The van der Waals surface area contributed by atoms with E-state index in [0.29, 0.717) is 12.0 Å². The highest BCUT2D eigenvalue weighted by molar-refractivity contribution is 7.18. The van der Waals surface area contributed by atoms with Gasteiger partial charge in [0.15, 0.2) is 0 Å². The van der Waals surface area contributed by atoms with Crippen molar-refractivity contribution < 1.29 is 0 Å². The topological polar surface area (TPSA) is 53.1 Å². The highest BCUT2D eigenvalue weighted by Crippen LogP contribution is 2.33. The molecule has 2 N–H and O–H groups in total. The quantitative estimate of drug-likeness (QED) is 0.912. The second-order valence-corrected chi connectivity index (χ2v) is 7.35. The number of hydrogen-bond acceptors (Lipinski definition) is 6. The highest BCUT2D eigenvalue weighted by Gasteiger charge is 2.34. The van der Waals surface area contributed by atoms with Crippen LogP contribution in [0.25, 0.3) is 10.2 Å². The summed E-state index contributed by atoms with van der Waals surface area (Å²) in [6, 6.07) is 2.72. The van der Waals surface area contributed by atoms with E-state index in [1.165, 1.54) is 30.8 Å². The molecule has 6 heteroatoms. The van der Waals surface area contributed by atoms with Crippen molar-refractivity contribution >= 4 is 33.3 Å². The first-order chi connectivity index (χ1) is 10.2. The van der Waals surface area contributed by atoms with Crippen molar-refractivity contribution in [3.05, 3.63) is 10.9 Å². The van der Waals surface area contributed by atoms with Crippen LogP contribution in [0.2, 0.25) is 0 Å². The van der Waals surface area contributed by atoms with Gasteiger partial charge in [0.25, 0.3) is 0 Å². The number of aromatic nitrogens is 2. The lowest BCUT2D eigenvalue weighted by Gasteiger charge is -2.45. The van der Waals surface area contributed by atoms with Crippen LogP contribution in [-0.2, 0) is 0 Å². The molecule has 1 atom stereocenters. The van der Waals surface area contributed by atoms with Crippen molar-refractivity contribution in [2.75, 3.05) is 37.3 Å². The van der Waals surface area contributed by atoms with Crippen LogP contribution in [0.1, 0.15) is 17.7 Å². The van der Waals surface area contributed by atoms with Gasteiger partial charge < -0.3 is 15.5 Å². The summed E-state index contributed by atoms with van der Waals surface area (Å²) < 4.78 is 0. The lowest BCUT2D eigenvalue weighted by Crippen LogP contribution is -2.53. The third-order valence-electron chi connectivity index (χ3n) is 4.72. The van der Waals surface area contributed by atoms with Gasteiger partial charge in [-0.2, -0.15) is 4.98 Å². The van der Waals surface area contributed by atoms with E-state index in [4.69, 9.17) is 0 Å². The minimum Gasteiger partial charge on any atom is -0.365 e. The Morgan fingerprint density at radius 3 is 2.76 bits per heavy atom. The zero-order valence-electron chi connectivity index (χ0n) is 12.5. The van der Waals surface area contributed by atoms with E-state index >= 15 is 0 Å². The third-order valence-corrected chi connectivity index (χ3v) is 5.66. The van der Waals surface area contributed by atoms with Gasteiger partial charge in [-0.15, -0.1) is 11.3 Å². The molecule has 3 aliphatic heterocycles. The molecule has 0 saturated carbocycles. The summed E-state index contributed by atoms with van der Waals surface area (Å²) in [5.74, 6) is 2.48. The van der Waals surface area contributed by atoms with Gasteiger partial charge in [0.1, 0.15) is 10.6 Å². The molecule has 21 heavy (non-hydrogen) atoms. The van der Waals surface area contributed by atoms with E-state index in [1.54, 1.807) is 11.3 Å². The van der Waals surface area contributed by atoms with E-state index in [0.717, 1.165) is 28.5 Å². The number of rotatable bonds is 3. The fourth-order valence-corrected chi connectivity index (χ4v) is 4.45. The number of fused-ring (bicyclic) bond motifs is 4. The first-order valence-corrected chi connectivity index (χ1v) is 8.49. The zero-order valence-corrected chi connectivity index (χ0v) is 13.3. The number of nitrogens with zero attached hydrogens (tertiary/aromatic N) is 3. The van der Waals surface area contributed by atoms with Crippen LogP contribution in [0.4, 0.5) is 11.8 Å². The number of hydrogen-bond donors (Lipinski definition) is 2. The predicted octanol–water partition coefficient (Wildman–Crippen LogP) is 2.55. The number of aryl methyl sites for hydroxylation is 1. The largest absolute Gasteiger partial charge is 0.365 e. The molecule has 5 rings (SSSR count). The molecule has 0 radical (unpaired) electrons. The van der Waals surface area contributed by atoms with E-state index in [2.05, 4.69) is 38.5 Å². The molecule has 3 aliphatic rings. The number of nitrogens with one attached hydrogen (secondary N) is 2. The number of anilines is 2. The molecule has 1 unspecified atom stereocenters. The van der Waals surface area contributed by atoms with Crippen molar-refractivity contribution in [3.8, 4) is 0 Å². The Labute approximate surface area is 128 Å². The summed E-state index contributed by atoms with van der Waals surface area (Å²) in [4.78, 5) is 14.1. The van der Waals surface area contributed by atoms with Crippen LogP contribution in [0, 0.1) is 12.8 Å². The monoisotopic (exact) mass is 303 g/mol. The van der Waals surface area contributed by atoms with Crippen LogP contribution in [0.15, 0.2) is 6.07 Å². The Morgan fingerprint density at radius 1 is 1.29 bits per heavy atom. The van der Waals surface area contributed by atoms with Crippen LogP contribution in [0.3, 0.4) is 0 Å². The SMILES string of the molecule is CNc1nc(NC2CN3CCC2CC3)c2cc(C)sc2n1. The second-order valence-electron chi connectivity index (χ2n) is 6.11. The molecule has 5 heterocycles. The van der Waals surface area contributed by atoms with E-state index in [-0.39, 0.29) is 0 Å². The van der Waals surface area contributed by atoms with Crippen molar-refractivity contribution in [2.45, 2.75) is 25.8 Å². The maximum atomic E-state index is 4.67. The molecular formula is C15H21N5S. The summed E-state index contributed by atoms with van der Waals surface area (Å²) >= 11 is 1.73. The molecule has 3 fully saturated rings. The molecular weight excluding hydrogens is 282 g/mol. The molecule has 0 amide bonds. The standard InChI is InChI=1S/C15H21N5S/c1-9-7-11-13(18-15(16-2)19-14(11)21-9)17-12-8-20-5-3-10(12)4-6-20/h7,10,12H,3-6,8H2,1-2H3,(H2,16,17,18,19). The molecule has 3 saturated heterocycles. The molecule has 2 aromatic heterocycles. The Kier molecular flexibility index (Phi) is 3.23. The van der Waals surface area contributed by atoms with Gasteiger partial charge in [-0.1, -0.05) is 0 Å². The molecule has 0 spiro atoms. The van der Waals surface area contributed by atoms with Crippen molar-refractivity contribution in [1.29, 1.82) is 0 Å². The van der Waals surface area contributed by atoms with Gasteiger partial charge in [-0.3, -0.25) is 0 Å². The molecule has 5 nitrogen and oxygen atoms in total. The number of piperidine rings is 3. The van der Waals surface area contributed by atoms with Crippen LogP contribution < -0.4 is 10.6 Å². The Morgan fingerprint density at radius 2 is 2.10 bits per heavy atom. The smallest absolute Gasteiger partial charge is 0.225 e. The average molecular weight is 303 g/mol. The average Bonchev–Trinajstić information content (AvgIpc) is 2.89. The molecule has 0 aromatic carbocycles. The normalized spacial score (nSPS) is 28.0. The highest BCUT2D eigenvalue weighted by atomic mass is 32.1. The summed E-state index contributed by atoms with van der Waals surface area (Å²) in [7, 11) is 1.87. The second kappa shape index (κ2) is 5.10. The predicted molar refractivity (Wildman–Crippen MR) is 88.3 cm³/mol. The van der Waals surface area contributed by atoms with Crippen LogP contribution >= 0.6 is 11.3 Å². The molecule has 112 valence electrons. The Hall–Kier alpha value is -1.40. The fourth-order valence-electron chi connectivity index (χ4n) is 3.57. The molecule has 2 bridgehead atoms. The fraction of sp³-hybridized carbons (Fsp3) is 0.600. The Balaban J connectivity index is 1.68. The summed E-state index contributed by atoms with van der Waals surface area (Å²) in [6.45, 7) is 5.81. The van der Waals surface area contributed by atoms with Crippen LogP contribution in [0.5, 0.6) is 0 Å². The third kappa shape index (κ3) is 2.36. The maximum Gasteiger partial charge on any atom is 0.225 e. The van der Waals surface area contributed by atoms with Gasteiger partial charge in [0.05, 0.1) is 5.39 Å². The molecule has 0 aliphatic carbocycles. The van der Waals surface area contributed by atoms with Gasteiger partial charge in [-0.05, 0) is 44.8 Å². The zero-order chi connectivity index (χ0) is 14.4. The first-order valence-electron chi connectivity index (χ1n) is 7.68. The van der Waals surface area contributed by atoms with Gasteiger partial charge in [-0.25, -0.2) is 4.98 Å². The minimum atomic E-state index is 0.524. The maximum absolute atomic E-state index is 4.67. The van der Waals surface area contributed by atoms with Crippen molar-refractivity contribution in [3.63, 3.8) is 0 Å². The number of thiophene rings is 1. The van der Waals surface area contributed by atoms with E-state index in [1.807, 2.05) is 7.05 Å². The summed E-state index contributed by atoms with van der Waals surface area (Å²) in [5, 5.41) is 7.95. The minimum absolute atomic E-state index is 0.524. The van der Waals surface area contributed by atoms with Gasteiger partial charge in [0, 0.05) is 24.5 Å². The van der Waals surface area contributed by atoms with Crippen molar-refractivity contribution in [2.24, 2.45) is 5.92 Å². The van der Waals surface area contributed by atoms with E-state index < -0.39 is 0 Å². The summed E-state index contributed by atoms with van der Waals surface area (Å²) in [5.41, 5.74) is 0. The lowest BCUT2D eigenvalue weighted by molar-refractivity contribution is 0.0974. The van der Waals surface area contributed by atoms with Gasteiger partial charge in [0.2, 0.25) is 5.95 Å². The van der Waals surface area contributed by atoms with Crippen molar-refractivity contribution in [1.82, 2.24) is 14.9 Å². The summed E-state index contributed by atoms with van der Waals surface area (Å²) in [6.07, 6.45) is 2.63. The molecule has 2 aromatic rings. The lowest BCUT2D eigenvalue weighted by atomic mass is 9.84. The van der Waals surface area contributed by atoms with E-state index in [9.17, 15) is 0 Å². The van der Waals surface area contributed by atoms with Gasteiger partial charge >= 0.3 is 0 Å².